The summed E-state index contributed by atoms with van der Waals surface area (Å²) in [4.78, 5) is 25.6. The lowest BCUT2D eigenvalue weighted by molar-refractivity contribution is -0.230. The van der Waals surface area contributed by atoms with Crippen molar-refractivity contribution in [2.24, 2.45) is 0 Å². The van der Waals surface area contributed by atoms with Gasteiger partial charge < -0.3 is 27.5 Å². The molecular weight excluding hydrogens is 796 g/mol. The zero-order valence-electron chi connectivity index (χ0n) is 33.8. The third-order valence-electron chi connectivity index (χ3n) is 11.2. The van der Waals surface area contributed by atoms with Gasteiger partial charge in [-0.15, -0.1) is 0 Å². The van der Waals surface area contributed by atoms with Gasteiger partial charge in [0, 0.05) is 6.92 Å². The smallest absolute Gasteiger partial charge is 0.338 e. The van der Waals surface area contributed by atoms with Crippen LogP contribution in [0.3, 0.4) is 0 Å². The molecule has 1 aromatic rings. The molecule has 1 aliphatic heterocycles. The molecule has 1 aliphatic rings. The van der Waals surface area contributed by atoms with Crippen molar-refractivity contribution in [3.05, 3.63) is 46.1 Å². The first-order chi connectivity index (χ1) is 22.6. The summed E-state index contributed by atoms with van der Waals surface area (Å²) in [5.74, 6) is -0.782. The number of benzene rings is 1. The van der Waals surface area contributed by atoms with Gasteiger partial charge in [0.1, 0.15) is 18.3 Å². The van der Waals surface area contributed by atoms with E-state index < -0.39 is 67.5 Å². The monoisotopic (exact) mass is 862 g/mol. The number of carbonyl (C=O) groups excluding carboxylic acids is 2. The molecule has 2 rings (SSSR count). The van der Waals surface area contributed by atoms with Gasteiger partial charge in [0.15, 0.2) is 31.1 Å². The molecule has 12 heteroatoms. The molecule has 0 aliphatic carbocycles. The maximum atomic E-state index is 13.9. The highest BCUT2D eigenvalue weighted by molar-refractivity contribution is 14.1. The van der Waals surface area contributed by atoms with E-state index in [9.17, 15) is 9.59 Å². The number of halogens is 1. The maximum Gasteiger partial charge on any atom is 0.338 e. The highest BCUT2D eigenvalue weighted by Gasteiger charge is 2.57. The van der Waals surface area contributed by atoms with E-state index in [1.54, 1.807) is 12.1 Å². The normalized spacial score (nSPS) is 23.5. The van der Waals surface area contributed by atoms with Gasteiger partial charge in [-0.25, -0.2) is 4.79 Å². The van der Waals surface area contributed by atoms with Crippen molar-refractivity contribution in [2.45, 2.75) is 173 Å². The highest BCUT2D eigenvalue weighted by Crippen LogP contribution is 2.46. The summed E-state index contributed by atoms with van der Waals surface area (Å²) in [6, 6.07) is 9.04. The van der Waals surface area contributed by atoms with Gasteiger partial charge in [-0.1, -0.05) is 103 Å². The second-order valence-corrected chi connectivity index (χ2v) is 33.2. The highest BCUT2D eigenvalue weighted by atomic mass is 127. The van der Waals surface area contributed by atoms with Crippen LogP contribution in [0.25, 0.3) is 0 Å². The zero-order chi connectivity index (χ0) is 38.5. The lowest BCUT2D eigenvalue weighted by Gasteiger charge is -2.54. The van der Waals surface area contributed by atoms with Crippen molar-refractivity contribution in [3.63, 3.8) is 0 Å². The van der Waals surface area contributed by atoms with Crippen molar-refractivity contribution in [1.82, 2.24) is 0 Å². The molecule has 0 aromatic heterocycles. The Bertz CT molecular complexity index is 1280. The Morgan fingerprint density at radius 3 is 1.76 bits per heavy atom. The summed E-state index contributed by atoms with van der Waals surface area (Å²) in [5, 5.41) is -0.311. The minimum Gasteiger partial charge on any atom is -0.466 e. The maximum absolute atomic E-state index is 13.9. The molecule has 1 fully saturated rings. The quantitative estimate of drug-likeness (QED) is 0.0791. The van der Waals surface area contributed by atoms with Gasteiger partial charge in [-0.05, 0) is 89.5 Å². The molecule has 0 radical (unpaired) electrons. The van der Waals surface area contributed by atoms with Crippen LogP contribution in [0.2, 0.25) is 54.4 Å². The molecule has 0 N–H and O–H groups in total. The number of rotatable bonds is 14. The number of hydrogen-bond acceptors (Lipinski definition) is 8. The van der Waals surface area contributed by atoms with E-state index in [1.165, 1.54) is 6.92 Å². The van der Waals surface area contributed by atoms with Crippen LogP contribution in [0.15, 0.2) is 40.5 Å². The molecule has 0 bridgehead atoms. The number of esters is 2. The lowest BCUT2D eigenvalue weighted by atomic mass is 9.90. The minimum atomic E-state index is -2.50. The summed E-state index contributed by atoms with van der Waals surface area (Å²) < 4.78 is 43.1. The molecule has 0 unspecified atom stereocenters. The Hall–Kier alpha value is -0.879. The van der Waals surface area contributed by atoms with Crippen LogP contribution in [-0.4, -0.2) is 80.1 Å². The van der Waals surface area contributed by atoms with E-state index in [2.05, 4.69) is 130 Å². The fourth-order valence-corrected chi connectivity index (χ4v) is 9.22. The molecule has 50 heavy (non-hydrogen) atoms. The topological polar surface area (TPSA) is 89.5 Å². The Kier molecular flexibility index (Phi) is 15.9. The predicted molar refractivity (Wildman–Crippen MR) is 220 cm³/mol. The van der Waals surface area contributed by atoms with E-state index in [1.807, 2.05) is 22.3 Å². The molecule has 8 nitrogen and oxygen atoms in total. The Labute approximate surface area is 320 Å². The largest absolute Gasteiger partial charge is 0.466 e. The van der Waals surface area contributed by atoms with Gasteiger partial charge in [0.25, 0.3) is 0 Å². The third kappa shape index (κ3) is 12.1. The van der Waals surface area contributed by atoms with E-state index in [-0.39, 0.29) is 27.7 Å². The lowest BCUT2D eigenvalue weighted by Crippen LogP contribution is -2.68. The van der Waals surface area contributed by atoms with Crippen molar-refractivity contribution < 1.29 is 37.1 Å². The van der Waals surface area contributed by atoms with Crippen molar-refractivity contribution in [1.29, 1.82) is 0 Å². The fourth-order valence-electron chi connectivity index (χ4n) is 4.95. The summed E-state index contributed by atoms with van der Waals surface area (Å²) in [6.45, 7) is 35.1. The molecule has 0 amide bonds. The molecule has 286 valence electrons. The zero-order valence-corrected chi connectivity index (χ0v) is 38.9. The van der Waals surface area contributed by atoms with Crippen LogP contribution >= 0.6 is 22.6 Å². The summed E-state index contributed by atoms with van der Waals surface area (Å²) in [5.41, 5.74) is 0.452. The van der Waals surface area contributed by atoms with E-state index in [4.69, 9.17) is 27.5 Å². The first-order valence-corrected chi connectivity index (χ1v) is 28.0. The number of carbonyl (C=O) groups is 2. The molecule has 1 saturated heterocycles. The number of ether oxygens (including phenoxy) is 3. The van der Waals surface area contributed by atoms with Gasteiger partial charge in [-0.3, -0.25) is 4.79 Å². The number of hydrogen-bond donors (Lipinski definition) is 0. The third-order valence-corrected chi connectivity index (χ3v) is 25.0. The minimum absolute atomic E-state index is 0.0525. The van der Waals surface area contributed by atoms with Gasteiger partial charge in [0.2, 0.25) is 0 Å². The van der Waals surface area contributed by atoms with E-state index >= 15 is 0 Å². The SMILES string of the molecule is CC(=O)OCCC[C@@H]1O[C@@H]([C@H](/C=C/I)O[Si](C)(C)C(C)(C)C)[C@@H](O[Si](C)(C)C(C)(C)C)[C@@H](O[Si](C)(C)C(C)(C)C)[C@H]1OC(=O)c1ccccc1. The van der Waals surface area contributed by atoms with Crippen LogP contribution in [0.5, 0.6) is 0 Å². The summed E-state index contributed by atoms with van der Waals surface area (Å²) in [7, 11) is -7.30. The van der Waals surface area contributed by atoms with Crippen LogP contribution in [0.4, 0.5) is 0 Å². The predicted octanol–water partition coefficient (Wildman–Crippen LogP) is 10.4. The van der Waals surface area contributed by atoms with Crippen LogP contribution in [-0.2, 0) is 32.3 Å². The summed E-state index contributed by atoms with van der Waals surface area (Å²) in [6.07, 6.45) is -0.576. The van der Waals surface area contributed by atoms with Crippen molar-refractivity contribution >= 4 is 59.5 Å². The second-order valence-electron chi connectivity index (χ2n) is 18.2. The molecule has 0 saturated carbocycles. The first kappa shape index (κ1) is 45.3. The van der Waals surface area contributed by atoms with Crippen molar-refractivity contribution in [2.75, 3.05) is 6.61 Å². The molecule has 1 heterocycles. The van der Waals surface area contributed by atoms with Gasteiger partial charge in [0.05, 0.1) is 24.4 Å². The van der Waals surface area contributed by atoms with Gasteiger partial charge >= 0.3 is 11.9 Å². The van der Waals surface area contributed by atoms with E-state index in [0.717, 1.165) is 0 Å². The van der Waals surface area contributed by atoms with Crippen molar-refractivity contribution in [3.8, 4) is 0 Å². The first-order valence-electron chi connectivity index (χ1n) is 18.0. The Morgan fingerprint density at radius 2 is 1.30 bits per heavy atom. The Balaban J connectivity index is 2.90. The fraction of sp³-hybridized carbons (Fsp3) is 0.737. The molecule has 6 atom stereocenters. The average molecular weight is 863 g/mol. The molecular formula is C38H67IO8Si3. The van der Waals surface area contributed by atoms with E-state index in [0.29, 0.717) is 18.4 Å². The second kappa shape index (κ2) is 17.5. The van der Waals surface area contributed by atoms with Crippen LogP contribution in [0.1, 0.15) is 92.4 Å². The molecule has 0 spiro atoms. The van der Waals surface area contributed by atoms with Crippen LogP contribution in [0, 0.1) is 0 Å². The molecule has 1 aromatic carbocycles. The van der Waals surface area contributed by atoms with Crippen LogP contribution < -0.4 is 0 Å². The average Bonchev–Trinajstić information content (AvgIpc) is 2.95. The summed E-state index contributed by atoms with van der Waals surface area (Å²) >= 11 is 2.25. The van der Waals surface area contributed by atoms with Gasteiger partial charge in [-0.2, -0.15) is 0 Å². The standard InChI is InChI=1S/C38H67IO8Si3/c1-27(40)42-26-20-23-29-31(44-35(41)28-21-18-17-19-22-28)33(46-49(13,14)37(5,6)7)34(47-50(15,16)38(8,9)10)32(43-29)30(24-25-39)45-48(11,12)36(2,3)4/h17-19,21-22,24-25,29-34H,20,23,26H2,1-16H3/b25-24+/t29-,30-,31-,32-,33-,34+/m0/s1. The Morgan fingerprint density at radius 1 is 0.800 bits per heavy atom.